The van der Waals surface area contributed by atoms with E-state index in [-0.39, 0.29) is 16.5 Å². The minimum atomic E-state index is -3.97. The number of sulfonamides is 1. The van der Waals surface area contributed by atoms with Crippen molar-refractivity contribution in [2.75, 3.05) is 6.54 Å². The molecule has 0 aliphatic rings. The lowest BCUT2D eigenvalue weighted by Gasteiger charge is -2.10. The summed E-state index contributed by atoms with van der Waals surface area (Å²) in [5.41, 5.74) is -0.375. The summed E-state index contributed by atoms with van der Waals surface area (Å²) in [5, 5.41) is 11.2. The average molecular weight is 299 g/mol. The molecule has 0 saturated heterocycles. The molecule has 1 aromatic carbocycles. The van der Waals surface area contributed by atoms with Crippen LogP contribution >= 0.6 is 0 Å². The minimum absolute atomic E-state index is 0.108. The van der Waals surface area contributed by atoms with Crippen molar-refractivity contribution in [3.8, 4) is 6.07 Å². The number of halogens is 1. The van der Waals surface area contributed by atoms with Gasteiger partial charge in [0, 0.05) is 6.04 Å². The summed E-state index contributed by atoms with van der Waals surface area (Å²) >= 11 is 0. The zero-order chi connectivity index (χ0) is 15.3. The summed E-state index contributed by atoms with van der Waals surface area (Å²) in [6.45, 7) is 3.05. The maximum absolute atomic E-state index is 13.1. The van der Waals surface area contributed by atoms with Crippen LogP contribution in [0.3, 0.4) is 0 Å². The van der Waals surface area contributed by atoms with Crippen molar-refractivity contribution in [1.82, 2.24) is 10.0 Å². The SMILES string of the molecule is CC(C)NC(=O)CNS(=O)(=O)c1ccc(F)c(C#N)c1. The van der Waals surface area contributed by atoms with Crippen LogP contribution < -0.4 is 10.0 Å². The lowest BCUT2D eigenvalue weighted by Crippen LogP contribution is -2.39. The van der Waals surface area contributed by atoms with Gasteiger partial charge >= 0.3 is 0 Å². The van der Waals surface area contributed by atoms with Crippen LogP contribution in [0.1, 0.15) is 19.4 Å². The fourth-order valence-electron chi connectivity index (χ4n) is 1.37. The standard InChI is InChI=1S/C12H14FN3O3S/c1-8(2)16-12(17)7-15-20(18,19)10-3-4-11(13)9(5-10)6-14/h3-5,8,15H,7H2,1-2H3,(H,16,17). The number of benzene rings is 1. The number of rotatable bonds is 5. The number of nitrogens with one attached hydrogen (secondary N) is 2. The molecular formula is C12H14FN3O3S. The van der Waals surface area contributed by atoms with Gasteiger partial charge in [0.25, 0.3) is 0 Å². The molecule has 0 radical (unpaired) electrons. The number of nitrogens with zero attached hydrogens (tertiary/aromatic N) is 1. The largest absolute Gasteiger partial charge is 0.353 e. The molecule has 8 heteroatoms. The average Bonchev–Trinajstić information content (AvgIpc) is 2.36. The van der Waals surface area contributed by atoms with Crippen LogP contribution in [-0.4, -0.2) is 26.9 Å². The fourth-order valence-corrected chi connectivity index (χ4v) is 2.38. The monoisotopic (exact) mass is 299 g/mol. The molecular weight excluding hydrogens is 285 g/mol. The van der Waals surface area contributed by atoms with Crippen LogP contribution in [0.2, 0.25) is 0 Å². The number of nitriles is 1. The second kappa shape index (κ2) is 6.45. The van der Waals surface area contributed by atoms with Crippen LogP contribution in [0.5, 0.6) is 0 Å². The first kappa shape index (κ1) is 16.1. The van der Waals surface area contributed by atoms with Crippen molar-refractivity contribution >= 4 is 15.9 Å². The molecule has 0 atom stereocenters. The lowest BCUT2D eigenvalue weighted by molar-refractivity contribution is -0.120. The van der Waals surface area contributed by atoms with E-state index in [9.17, 15) is 17.6 Å². The Balaban J connectivity index is 2.85. The molecule has 0 unspecified atom stereocenters. The Labute approximate surface area is 116 Å². The number of hydrogen-bond donors (Lipinski definition) is 2. The zero-order valence-electron chi connectivity index (χ0n) is 11.0. The van der Waals surface area contributed by atoms with Gasteiger partial charge in [-0.15, -0.1) is 0 Å². The quantitative estimate of drug-likeness (QED) is 0.827. The van der Waals surface area contributed by atoms with Crippen LogP contribution in [-0.2, 0) is 14.8 Å². The van der Waals surface area contributed by atoms with Crippen molar-refractivity contribution in [3.05, 3.63) is 29.6 Å². The Bertz CT molecular complexity index is 650. The number of hydrogen-bond acceptors (Lipinski definition) is 4. The van der Waals surface area contributed by atoms with Gasteiger partial charge in [-0.3, -0.25) is 4.79 Å². The Morgan fingerprint density at radius 3 is 2.65 bits per heavy atom. The van der Waals surface area contributed by atoms with Gasteiger partial charge in [-0.25, -0.2) is 17.5 Å². The topological polar surface area (TPSA) is 99.1 Å². The van der Waals surface area contributed by atoms with Gasteiger partial charge in [0.05, 0.1) is 17.0 Å². The predicted octanol–water partition coefficient (Wildman–Crippen LogP) is 0.500. The summed E-state index contributed by atoms with van der Waals surface area (Å²) in [7, 11) is -3.97. The second-order valence-electron chi connectivity index (χ2n) is 4.30. The minimum Gasteiger partial charge on any atom is -0.353 e. The van der Waals surface area contributed by atoms with Crippen LogP contribution in [0.15, 0.2) is 23.1 Å². The molecule has 0 fully saturated rings. The Morgan fingerprint density at radius 2 is 2.10 bits per heavy atom. The molecule has 108 valence electrons. The lowest BCUT2D eigenvalue weighted by atomic mass is 10.2. The molecule has 0 aliphatic carbocycles. The van der Waals surface area contributed by atoms with Crippen LogP contribution in [0, 0.1) is 17.1 Å². The van der Waals surface area contributed by atoms with Gasteiger partial charge in [-0.1, -0.05) is 0 Å². The zero-order valence-corrected chi connectivity index (χ0v) is 11.8. The van der Waals surface area contributed by atoms with Crippen molar-refractivity contribution in [3.63, 3.8) is 0 Å². The maximum atomic E-state index is 13.1. The molecule has 1 rings (SSSR count). The highest BCUT2D eigenvalue weighted by molar-refractivity contribution is 7.89. The Morgan fingerprint density at radius 1 is 1.45 bits per heavy atom. The van der Waals surface area contributed by atoms with E-state index in [0.717, 1.165) is 18.2 Å². The summed E-state index contributed by atoms with van der Waals surface area (Å²) < 4.78 is 39.0. The van der Waals surface area contributed by atoms with Gasteiger partial charge in [0.15, 0.2) is 0 Å². The van der Waals surface area contributed by atoms with Gasteiger partial charge in [0.2, 0.25) is 15.9 Å². The van der Waals surface area contributed by atoms with Crippen molar-refractivity contribution < 1.29 is 17.6 Å². The van der Waals surface area contributed by atoms with E-state index in [2.05, 4.69) is 10.0 Å². The fraction of sp³-hybridized carbons (Fsp3) is 0.333. The van der Waals surface area contributed by atoms with E-state index in [0.29, 0.717) is 0 Å². The van der Waals surface area contributed by atoms with Gasteiger partial charge in [-0.05, 0) is 32.0 Å². The molecule has 0 spiro atoms. The number of carbonyl (C=O) groups excluding carboxylic acids is 1. The van der Waals surface area contributed by atoms with Crippen molar-refractivity contribution in [2.24, 2.45) is 0 Å². The molecule has 2 N–H and O–H groups in total. The molecule has 0 bridgehead atoms. The summed E-state index contributed by atoms with van der Waals surface area (Å²) in [4.78, 5) is 11.1. The third kappa shape index (κ3) is 4.29. The van der Waals surface area contributed by atoms with Crippen molar-refractivity contribution in [1.29, 1.82) is 5.26 Å². The number of carbonyl (C=O) groups is 1. The van der Waals surface area contributed by atoms with Gasteiger partial charge < -0.3 is 5.32 Å². The molecule has 0 heterocycles. The van der Waals surface area contributed by atoms with E-state index in [1.807, 2.05) is 0 Å². The Hall–Kier alpha value is -1.98. The highest BCUT2D eigenvalue weighted by Gasteiger charge is 2.17. The molecule has 0 saturated carbocycles. The molecule has 20 heavy (non-hydrogen) atoms. The van der Waals surface area contributed by atoms with Gasteiger partial charge in [0.1, 0.15) is 11.9 Å². The Kier molecular flexibility index (Phi) is 5.19. The molecule has 1 aromatic rings. The first-order valence-corrected chi connectivity index (χ1v) is 7.23. The second-order valence-corrected chi connectivity index (χ2v) is 6.07. The van der Waals surface area contributed by atoms with E-state index in [1.165, 1.54) is 0 Å². The summed E-state index contributed by atoms with van der Waals surface area (Å²) in [5.74, 6) is -1.28. The smallest absolute Gasteiger partial charge is 0.241 e. The van der Waals surface area contributed by atoms with E-state index < -0.39 is 28.3 Å². The van der Waals surface area contributed by atoms with E-state index >= 15 is 0 Å². The highest BCUT2D eigenvalue weighted by atomic mass is 32.2. The normalized spacial score (nSPS) is 11.2. The summed E-state index contributed by atoms with van der Waals surface area (Å²) in [6.07, 6.45) is 0. The third-order valence-electron chi connectivity index (χ3n) is 2.24. The predicted molar refractivity (Wildman–Crippen MR) is 69.6 cm³/mol. The molecule has 1 amide bonds. The molecule has 0 aromatic heterocycles. The van der Waals surface area contributed by atoms with E-state index in [4.69, 9.17) is 5.26 Å². The van der Waals surface area contributed by atoms with E-state index in [1.54, 1.807) is 19.9 Å². The first-order chi connectivity index (χ1) is 9.26. The van der Waals surface area contributed by atoms with Crippen LogP contribution in [0.25, 0.3) is 0 Å². The molecule has 0 aliphatic heterocycles. The van der Waals surface area contributed by atoms with Gasteiger partial charge in [-0.2, -0.15) is 5.26 Å². The van der Waals surface area contributed by atoms with Crippen molar-refractivity contribution in [2.45, 2.75) is 24.8 Å². The molecule has 6 nitrogen and oxygen atoms in total. The third-order valence-corrected chi connectivity index (χ3v) is 3.64. The maximum Gasteiger partial charge on any atom is 0.241 e. The summed E-state index contributed by atoms with van der Waals surface area (Å²) in [6, 6.07) is 4.28. The highest BCUT2D eigenvalue weighted by Crippen LogP contribution is 2.14. The number of amides is 1. The van der Waals surface area contributed by atoms with Crippen LogP contribution in [0.4, 0.5) is 4.39 Å². The first-order valence-electron chi connectivity index (χ1n) is 5.75.